The van der Waals surface area contributed by atoms with Gasteiger partial charge in [-0.2, -0.15) is 0 Å². The van der Waals surface area contributed by atoms with Gasteiger partial charge in [0.25, 0.3) is 5.69 Å². The average Bonchev–Trinajstić information content (AvgIpc) is 2.98. The van der Waals surface area contributed by atoms with Crippen LogP contribution in [0.5, 0.6) is 5.75 Å². The Hall–Kier alpha value is -3.33. The van der Waals surface area contributed by atoms with Gasteiger partial charge >= 0.3 is 11.9 Å². The molecule has 2 aromatic carbocycles. The molecule has 0 saturated heterocycles. The molecule has 136 valence electrons. The molecule has 0 unspecified atom stereocenters. The number of cyclic esters (lactones) is 1. The van der Waals surface area contributed by atoms with Crippen molar-refractivity contribution in [2.45, 2.75) is 6.92 Å². The predicted octanol–water partition coefficient (Wildman–Crippen LogP) is 3.63. The third-order valence-electron chi connectivity index (χ3n) is 3.46. The summed E-state index contributed by atoms with van der Waals surface area (Å²) in [5, 5.41) is 10.7. The number of carbonyl (C=O) groups is 2. The summed E-state index contributed by atoms with van der Waals surface area (Å²) in [5.74, 6) is -0.881. The predicted molar refractivity (Wildman–Crippen MR) is 99.2 cm³/mol. The summed E-state index contributed by atoms with van der Waals surface area (Å²) in [4.78, 5) is 37.7. The van der Waals surface area contributed by atoms with Crippen LogP contribution < -0.4 is 4.74 Å². The molecule has 0 aliphatic carbocycles. The van der Waals surface area contributed by atoms with Gasteiger partial charge in [0.1, 0.15) is 5.75 Å². The number of nitro groups is 1. The maximum Gasteiger partial charge on any atom is 0.363 e. The van der Waals surface area contributed by atoms with Crippen molar-refractivity contribution in [3.63, 3.8) is 0 Å². The van der Waals surface area contributed by atoms with E-state index in [0.29, 0.717) is 11.1 Å². The number of aliphatic imine (C=N–C) groups is 1. The Morgan fingerprint density at radius 2 is 1.96 bits per heavy atom. The largest absolute Gasteiger partial charge is 0.426 e. The van der Waals surface area contributed by atoms with E-state index in [1.807, 2.05) is 0 Å². The van der Waals surface area contributed by atoms with Gasteiger partial charge in [-0.15, -0.1) is 0 Å². The monoisotopic (exact) mass is 430 g/mol. The second-order valence-corrected chi connectivity index (χ2v) is 6.33. The fraction of sp³-hybridized carbons (Fsp3) is 0.0556. The zero-order valence-corrected chi connectivity index (χ0v) is 15.4. The summed E-state index contributed by atoms with van der Waals surface area (Å²) < 4.78 is 11.0. The first-order valence-electron chi connectivity index (χ1n) is 7.59. The topological polar surface area (TPSA) is 108 Å². The summed E-state index contributed by atoms with van der Waals surface area (Å²) in [6.07, 6.45) is 1.43. The van der Waals surface area contributed by atoms with Crippen molar-refractivity contribution in [2.75, 3.05) is 0 Å². The highest BCUT2D eigenvalue weighted by Crippen LogP contribution is 2.28. The fourth-order valence-electron chi connectivity index (χ4n) is 2.29. The van der Waals surface area contributed by atoms with E-state index in [9.17, 15) is 19.7 Å². The molecule has 0 saturated carbocycles. The highest BCUT2D eigenvalue weighted by molar-refractivity contribution is 9.10. The number of ether oxygens (including phenoxy) is 2. The highest BCUT2D eigenvalue weighted by atomic mass is 79.9. The number of hydrogen-bond donors (Lipinski definition) is 0. The lowest BCUT2D eigenvalue weighted by molar-refractivity contribution is -0.384. The molecule has 0 atom stereocenters. The van der Waals surface area contributed by atoms with E-state index in [1.165, 1.54) is 37.3 Å². The van der Waals surface area contributed by atoms with Crippen molar-refractivity contribution >= 4 is 45.5 Å². The number of non-ortho nitro benzene ring substituents is 1. The van der Waals surface area contributed by atoms with E-state index in [2.05, 4.69) is 20.9 Å². The van der Waals surface area contributed by atoms with E-state index in [0.717, 1.165) is 4.47 Å². The molecule has 0 radical (unpaired) electrons. The molecule has 0 N–H and O–H groups in total. The molecule has 0 spiro atoms. The second kappa shape index (κ2) is 7.50. The zero-order chi connectivity index (χ0) is 19.6. The van der Waals surface area contributed by atoms with Crippen LogP contribution in [-0.4, -0.2) is 22.8 Å². The van der Waals surface area contributed by atoms with Crippen molar-refractivity contribution in [2.24, 2.45) is 4.99 Å². The molecule has 1 aliphatic rings. The maximum absolute atomic E-state index is 12.1. The van der Waals surface area contributed by atoms with Crippen molar-refractivity contribution in [1.29, 1.82) is 0 Å². The van der Waals surface area contributed by atoms with Gasteiger partial charge in [-0.25, -0.2) is 9.79 Å². The number of nitrogens with zero attached hydrogens (tertiary/aromatic N) is 2. The van der Waals surface area contributed by atoms with Gasteiger partial charge in [0.2, 0.25) is 5.90 Å². The van der Waals surface area contributed by atoms with Gasteiger partial charge in [-0.1, -0.05) is 15.9 Å². The van der Waals surface area contributed by atoms with Crippen molar-refractivity contribution in [3.05, 3.63) is 73.9 Å². The molecular weight excluding hydrogens is 420 g/mol. The number of carbonyl (C=O) groups excluding carboxylic acids is 2. The molecule has 8 nitrogen and oxygen atoms in total. The number of nitro benzene ring substituents is 1. The van der Waals surface area contributed by atoms with Gasteiger partial charge in [0.15, 0.2) is 5.70 Å². The summed E-state index contributed by atoms with van der Waals surface area (Å²) >= 11 is 3.32. The molecule has 27 heavy (non-hydrogen) atoms. The summed E-state index contributed by atoms with van der Waals surface area (Å²) in [7, 11) is 0. The highest BCUT2D eigenvalue weighted by Gasteiger charge is 2.25. The first kappa shape index (κ1) is 18.5. The lowest BCUT2D eigenvalue weighted by atomic mass is 10.1. The van der Waals surface area contributed by atoms with Crippen molar-refractivity contribution < 1.29 is 24.0 Å². The van der Waals surface area contributed by atoms with Crippen LogP contribution in [0.15, 0.2) is 57.6 Å². The molecule has 2 aromatic rings. The maximum atomic E-state index is 12.1. The van der Waals surface area contributed by atoms with E-state index in [-0.39, 0.29) is 23.0 Å². The molecule has 9 heteroatoms. The van der Waals surface area contributed by atoms with E-state index in [1.54, 1.807) is 18.2 Å². The van der Waals surface area contributed by atoms with Crippen LogP contribution in [0.1, 0.15) is 18.1 Å². The molecule has 1 aliphatic heterocycles. The van der Waals surface area contributed by atoms with Crippen LogP contribution in [0.2, 0.25) is 0 Å². The van der Waals surface area contributed by atoms with Crippen molar-refractivity contribution in [1.82, 2.24) is 0 Å². The van der Waals surface area contributed by atoms with Crippen LogP contribution in [-0.2, 0) is 14.3 Å². The number of rotatable bonds is 4. The Morgan fingerprint density at radius 3 is 2.59 bits per heavy atom. The molecular formula is C18H11BrN2O6. The Bertz CT molecular complexity index is 1010. The first-order valence-corrected chi connectivity index (χ1v) is 8.38. The van der Waals surface area contributed by atoms with Crippen LogP contribution >= 0.6 is 15.9 Å². The van der Waals surface area contributed by atoms with Crippen LogP contribution in [0.25, 0.3) is 6.08 Å². The van der Waals surface area contributed by atoms with Gasteiger partial charge in [-0.05, 0) is 36.4 Å². The molecule has 0 amide bonds. The lowest BCUT2D eigenvalue weighted by Gasteiger charge is -2.06. The van der Waals surface area contributed by atoms with E-state index >= 15 is 0 Å². The summed E-state index contributed by atoms with van der Waals surface area (Å²) in [6.45, 7) is 1.27. The quantitative estimate of drug-likeness (QED) is 0.241. The Balaban J connectivity index is 1.95. The summed E-state index contributed by atoms with van der Waals surface area (Å²) in [6, 6.07) is 10.4. The zero-order valence-electron chi connectivity index (χ0n) is 13.8. The molecule has 3 rings (SSSR count). The Labute approximate surface area is 161 Å². The number of esters is 2. The third kappa shape index (κ3) is 4.26. The normalized spacial score (nSPS) is 14.7. The SMILES string of the molecule is CC(=O)Oc1ccc(Br)cc1/C=C1\N=C(c2ccc([N+](=O)[O-])cc2)OC1=O. The third-order valence-corrected chi connectivity index (χ3v) is 3.96. The van der Waals surface area contributed by atoms with Gasteiger partial charge in [-0.3, -0.25) is 14.9 Å². The molecule has 0 fully saturated rings. The van der Waals surface area contributed by atoms with Gasteiger partial charge in [0, 0.05) is 34.7 Å². The van der Waals surface area contributed by atoms with Crippen molar-refractivity contribution in [3.8, 4) is 5.75 Å². The van der Waals surface area contributed by atoms with E-state index in [4.69, 9.17) is 9.47 Å². The Kier molecular flexibility index (Phi) is 5.13. The van der Waals surface area contributed by atoms with Crippen LogP contribution in [0.3, 0.4) is 0 Å². The Morgan fingerprint density at radius 1 is 1.26 bits per heavy atom. The van der Waals surface area contributed by atoms with E-state index < -0.39 is 16.9 Å². The molecule has 1 heterocycles. The minimum absolute atomic E-state index is 0.00912. The molecule has 0 aromatic heterocycles. The molecule has 0 bridgehead atoms. The minimum atomic E-state index is -0.683. The number of hydrogen-bond acceptors (Lipinski definition) is 7. The second-order valence-electron chi connectivity index (χ2n) is 5.42. The average molecular weight is 431 g/mol. The van der Waals surface area contributed by atoms with Crippen LogP contribution in [0, 0.1) is 10.1 Å². The number of benzene rings is 2. The minimum Gasteiger partial charge on any atom is -0.426 e. The lowest BCUT2D eigenvalue weighted by Crippen LogP contribution is -2.05. The number of halogens is 1. The standard InChI is InChI=1S/C18H11BrN2O6/c1-10(22)26-16-7-4-13(19)8-12(16)9-15-18(23)27-17(20-15)11-2-5-14(6-3-11)21(24)25/h2-9H,1H3/b15-9-. The first-order chi connectivity index (χ1) is 12.8. The fourth-order valence-corrected chi connectivity index (χ4v) is 2.66. The van der Waals surface area contributed by atoms with Gasteiger partial charge < -0.3 is 9.47 Å². The van der Waals surface area contributed by atoms with Gasteiger partial charge in [0.05, 0.1) is 4.92 Å². The summed E-state index contributed by atoms with van der Waals surface area (Å²) in [5.41, 5.74) is 0.807. The van der Waals surface area contributed by atoms with Crippen LogP contribution in [0.4, 0.5) is 5.69 Å². The smallest absolute Gasteiger partial charge is 0.363 e.